The largest absolute Gasteiger partial charge is 0.326 e. The summed E-state index contributed by atoms with van der Waals surface area (Å²) in [7, 11) is 0. The molecule has 0 bridgehead atoms. The molecule has 2 amide bonds. The van der Waals surface area contributed by atoms with Crippen LogP contribution in [0, 0.1) is 24.3 Å². The summed E-state index contributed by atoms with van der Waals surface area (Å²) in [5.41, 5.74) is 5.19. The number of carbonyl (C=O) groups excluding carboxylic acids is 2. The quantitative estimate of drug-likeness (QED) is 0.661. The number of amides is 2. The number of aryl methyl sites for hydroxylation is 3. The zero-order valence-corrected chi connectivity index (χ0v) is 16.8. The molecule has 2 N–H and O–H groups in total. The van der Waals surface area contributed by atoms with Gasteiger partial charge >= 0.3 is 0 Å². The average Bonchev–Trinajstić information content (AvgIpc) is 2.45. The van der Waals surface area contributed by atoms with Crippen LogP contribution in [0.3, 0.4) is 0 Å². The van der Waals surface area contributed by atoms with Crippen LogP contribution in [-0.2, 0) is 9.59 Å². The first-order valence-corrected chi connectivity index (χ1v) is 8.65. The summed E-state index contributed by atoms with van der Waals surface area (Å²) in [5, 5.41) is 5.52. The van der Waals surface area contributed by atoms with Gasteiger partial charge in [0.1, 0.15) is 0 Å². The molecule has 0 fully saturated rings. The van der Waals surface area contributed by atoms with Crippen molar-refractivity contribution in [3.8, 4) is 0 Å². The molecular formula is C19H23IN2O2. The summed E-state index contributed by atoms with van der Waals surface area (Å²) >= 11 is 2.24. The van der Waals surface area contributed by atoms with Crippen molar-refractivity contribution >= 4 is 45.8 Å². The van der Waals surface area contributed by atoms with E-state index in [9.17, 15) is 9.59 Å². The van der Waals surface area contributed by atoms with Crippen molar-refractivity contribution in [3.05, 3.63) is 56.7 Å². The van der Waals surface area contributed by atoms with Crippen molar-refractivity contribution in [1.82, 2.24) is 0 Å². The standard InChI is InChI=1S/C10H13NO.C9H10INO/c1-7-4-5-10(8(2)6-7)11-9(3)12;1-6-5-8(10)3-4-9(6)11-7(2)12/h4-6H,1-3H3,(H,11,12);3-5H,1-2H3,(H,11,12). The first kappa shape index (κ1) is 20.2. The molecule has 0 radical (unpaired) electrons. The normalized spacial score (nSPS) is 9.58. The summed E-state index contributed by atoms with van der Waals surface area (Å²) in [4.78, 5) is 21.5. The number of rotatable bonds is 2. The van der Waals surface area contributed by atoms with Gasteiger partial charge in [-0.05, 0) is 78.8 Å². The van der Waals surface area contributed by atoms with Gasteiger partial charge in [-0.25, -0.2) is 0 Å². The van der Waals surface area contributed by atoms with Crippen LogP contribution >= 0.6 is 22.6 Å². The molecule has 24 heavy (non-hydrogen) atoms. The van der Waals surface area contributed by atoms with E-state index in [1.807, 2.05) is 57.2 Å². The lowest BCUT2D eigenvalue weighted by molar-refractivity contribution is -0.115. The summed E-state index contributed by atoms with van der Waals surface area (Å²) in [6, 6.07) is 11.9. The molecule has 0 unspecified atom stereocenters. The third kappa shape index (κ3) is 7.12. The van der Waals surface area contributed by atoms with E-state index in [0.717, 1.165) is 22.5 Å². The third-order valence-electron chi connectivity index (χ3n) is 3.19. The topological polar surface area (TPSA) is 58.2 Å². The van der Waals surface area contributed by atoms with Gasteiger partial charge in [-0.1, -0.05) is 17.7 Å². The SMILES string of the molecule is CC(=O)Nc1ccc(C)cc1C.CC(=O)Nc1ccc(I)cc1C. The minimum atomic E-state index is -0.0284. The Morgan fingerprint density at radius 1 is 0.792 bits per heavy atom. The van der Waals surface area contributed by atoms with E-state index in [1.54, 1.807) is 0 Å². The van der Waals surface area contributed by atoms with Gasteiger partial charge in [0.15, 0.2) is 0 Å². The molecule has 4 nitrogen and oxygen atoms in total. The van der Waals surface area contributed by atoms with Crippen molar-refractivity contribution in [1.29, 1.82) is 0 Å². The van der Waals surface area contributed by atoms with Gasteiger partial charge in [0.2, 0.25) is 11.8 Å². The molecule has 2 aromatic carbocycles. The highest BCUT2D eigenvalue weighted by molar-refractivity contribution is 14.1. The van der Waals surface area contributed by atoms with Gasteiger partial charge in [0, 0.05) is 28.8 Å². The molecule has 0 atom stereocenters. The second-order valence-electron chi connectivity index (χ2n) is 5.64. The van der Waals surface area contributed by atoms with Gasteiger partial charge in [-0.15, -0.1) is 0 Å². The number of halogens is 1. The van der Waals surface area contributed by atoms with Crippen molar-refractivity contribution in [2.24, 2.45) is 0 Å². The molecule has 0 spiro atoms. The Hall–Kier alpha value is -1.89. The first-order valence-electron chi connectivity index (χ1n) is 7.57. The lowest BCUT2D eigenvalue weighted by Gasteiger charge is -2.06. The number of benzene rings is 2. The lowest BCUT2D eigenvalue weighted by atomic mass is 10.1. The van der Waals surface area contributed by atoms with Crippen molar-refractivity contribution in [2.45, 2.75) is 34.6 Å². The van der Waals surface area contributed by atoms with E-state index in [-0.39, 0.29) is 11.8 Å². The summed E-state index contributed by atoms with van der Waals surface area (Å²) in [5.74, 6) is -0.0544. The Morgan fingerprint density at radius 2 is 1.25 bits per heavy atom. The Bertz CT molecular complexity index is 679. The molecule has 2 aromatic rings. The Balaban J connectivity index is 0.000000240. The zero-order valence-electron chi connectivity index (χ0n) is 14.7. The van der Waals surface area contributed by atoms with E-state index in [2.05, 4.69) is 33.2 Å². The predicted molar refractivity (Wildman–Crippen MR) is 108 cm³/mol. The van der Waals surface area contributed by atoms with E-state index >= 15 is 0 Å². The maximum Gasteiger partial charge on any atom is 0.221 e. The van der Waals surface area contributed by atoms with Gasteiger partial charge in [-0.3, -0.25) is 9.59 Å². The van der Waals surface area contributed by atoms with E-state index in [4.69, 9.17) is 0 Å². The fourth-order valence-electron chi connectivity index (χ4n) is 2.10. The van der Waals surface area contributed by atoms with Crippen LogP contribution in [-0.4, -0.2) is 11.8 Å². The fourth-order valence-corrected chi connectivity index (χ4v) is 2.75. The average molecular weight is 438 g/mol. The number of hydrogen-bond donors (Lipinski definition) is 2. The third-order valence-corrected chi connectivity index (χ3v) is 3.86. The molecule has 0 aliphatic heterocycles. The summed E-state index contributed by atoms with van der Waals surface area (Å²) < 4.78 is 1.18. The molecule has 0 saturated carbocycles. The second kappa shape index (κ2) is 9.42. The van der Waals surface area contributed by atoms with Crippen LogP contribution in [0.1, 0.15) is 30.5 Å². The van der Waals surface area contributed by atoms with Crippen LogP contribution in [0.25, 0.3) is 0 Å². The number of nitrogens with one attached hydrogen (secondary N) is 2. The monoisotopic (exact) mass is 438 g/mol. The molecule has 2 rings (SSSR count). The van der Waals surface area contributed by atoms with Crippen LogP contribution in [0.15, 0.2) is 36.4 Å². The minimum absolute atomic E-state index is 0.0260. The van der Waals surface area contributed by atoms with Gasteiger partial charge in [0.05, 0.1) is 0 Å². The molecular weight excluding hydrogens is 415 g/mol. The van der Waals surface area contributed by atoms with Gasteiger partial charge < -0.3 is 10.6 Å². The highest BCUT2D eigenvalue weighted by atomic mass is 127. The molecule has 0 aliphatic carbocycles. The number of carbonyl (C=O) groups is 2. The summed E-state index contributed by atoms with van der Waals surface area (Å²) in [6.45, 7) is 9.02. The van der Waals surface area contributed by atoms with Crippen LogP contribution in [0.5, 0.6) is 0 Å². The van der Waals surface area contributed by atoms with Gasteiger partial charge in [0.25, 0.3) is 0 Å². The first-order chi connectivity index (χ1) is 11.2. The van der Waals surface area contributed by atoms with Gasteiger partial charge in [-0.2, -0.15) is 0 Å². The molecule has 0 saturated heterocycles. The Kier molecular flexibility index (Phi) is 7.91. The molecule has 0 heterocycles. The van der Waals surface area contributed by atoms with Crippen LogP contribution in [0.4, 0.5) is 11.4 Å². The second-order valence-corrected chi connectivity index (χ2v) is 6.89. The fraction of sp³-hybridized carbons (Fsp3) is 0.263. The van der Waals surface area contributed by atoms with Crippen molar-refractivity contribution in [3.63, 3.8) is 0 Å². The Labute approximate surface area is 157 Å². The lowest BCUT2D eigenvalue weighted by Crippen LogP contribution is -2.06. The molecule has 5 heteroatoms. The van der Waals surface area contributed by atoms with Crippen molar-refractivity contribution < 1.29 is 9.59 Å². The van der Waals surface area contributed by atoms with E-state index in [0.29, 0.717) is 0 Å². The Morgan fingerprint density at radius 3 is 1.67 bits per heavy atom. The van der Waals surface area contributed by atoms with Crippen molar-refractivity contribution in [2.75, 3.05) is 10.6 Å². The molecule has 0 aliphatic rings. The van der Waals surface area contributed by atoms with E-state index < -0.39 is 0 Å². The maximum atomic E-state index is 10.7. The van der Waals surface area contributed by atoms with Crippen LogP contribution < -0.4 is 10.6 Å². The van der Waals surface area contributed by atoms with E-state index in [1.165, 1.54) is 23.0 Å². The zero-order chi connectivity index (χ0) is 18.3. The highest BCUT2D eigenvalue weighted by Crippen LogP contribution is 2.17. The molecule has 128 valence electrons. The van der Waals surface area contributed by atoms with Crippen LogP contribution in [0.2, 0.25) is 0 Å². The minimum Gasteiger partial charge on any atom is -0.326 e. The number of hydrogen-bond acceptors (Lipinski definition) is 2. The highest BCUT2D eigenvalue weighted by Gasteiger charge is 2.00. The number of anilines is 2. The molecule has 0 aromatic heterocycles. The predicted octanol–water partition coefficient (Wildman–Crippen LogP) is 4.82. The summed E-state index contributed by atoms with van der Waals surface area (Å²) in [6.07, 6.45) is 0. The smallest absolute Gasteiger partial charge is 0.221 e. The maximum absolute atomic E-state index is 10.7.